The summed E-state index contributed by atoms with van der Waals surface area (Å²) in [5.41, 5.74) is 1.33. The number of nitrogens with one attached hydrogen (secondary N) is 1. The highest BCUT2D eigenvalue weighted by Crippen LogP contribution is 1.97. The van der Waals surface area contributed by atoms with Crippen LogP contribution in [0.3, 0.4) is 0 Å². The molecule has 0 atom stereocenters. The summed E-state index contributed by atoms with van der Waals surface area (Å²) in [7, 11) is 0. The molecule has 0 aliphatic rings. The van der Waals surface area contributed by atoms with Gasteiger partial charge >= 0.3 is 0 Å². The maximum atomic E-state index is 5.50. The molecule has 0 saturated heterocycles. The van der Waals surface area contributed by atoms with Gasteiger partial charge in [0.15, 0.2) is 0 Å². The molecule has 0 fully saturated rings. The van der Waals surface area contributed by atoms with Crippen molar-refractivity contribution in [3.05, 3.63) is 48.6 Å². The van der Waals surface area contributed by atoms with E-state index in [1.54, 1.807) is 0 Å². The Kier molecular flexibility index (Phi) is 8.25. The molecule has 0 unspecified atom stereocenters. The van der Waals surface area contributed by atoms with Crippen LogP contribution >= 0.6 is 0 Å². The van der Waals surface area contributed by atoms with Gasteiger partial charge in [0.05, 0.1) is 0 Å². The zero-order valence-electron chi connectivity index (χ0n) is 10.5. The summed E-state index contributed by atoms with van der Waals surface area (Å²) in [5, 5.41) is 3.41. The molecule has 1 aromatic carbocycles. The molecule has 1 rings (SSSR count). The predicted octanol–water partition coefficient (Wildman–Crippen LogP) is 3.15. The van der Waals surface area contributed by atoms with E-state index in [0.29, 0.717) is 0 Å². The molecule has 0 saturated carbocycles. The van der Waals surface area contributed by atoms with Gasteiger partial charge in [-0.2, -0.15) is 0 Å². The van der Waals surface area contributed by atoms with E-state index in [0.717, 1.165) is 45.6 Å². The molecule has 1 aromatic rings. The quantitative estimate of drug-likeness (QED) is 0.495. The van der Waals surface area contributed by atoms with Crippen molar-refractivity contribution in [1.29, 1.82) is 0 Å². The fourth-order valence-corrected chi connectivity index (χ4v) is 1.56. The largest absolute Gasteiger partial charge is 0.381 e. The summed E-state index contributed by atoms with van der Waals surface area (Å²) in [6.45, 7) is 7.33. The Balaban J connectivity index is 1.86. The summed E-state index contributed by atoms with van der Waals surface area (Å²) in [4.78, 5) is 0. The lowest BCUT2D eigenvalue weighted by Gasteiger charge is -2.05. The van der Waals surface area contributed by atoms with E-state index in [9.17, 15) is 0 Å². The maximum Gasteiger partial charge on any atom is 0.0478 e. The number of hydrogen-bond donors (Lipinski definition) is 1. The summed E-state index contributed by atoms with van der Waals surface area (Å²) in [6, 6.07) is 10.5. The first-order valence-electron chi connectivity index (χ1n) is 6.37. The van der Waals surface area contributed by atoms with Gasteiger partial charge in [0.2, 0.25) is 0 Å². The van der Waals surface area contributed by atoms with Crippen LogP contribution in [-0.4, -0.2) is 19.8 Å². The first kappa shape index (κ1) is 13.9. The normalized spacial score (nSPS) is 10.4. The Bertz CT molecular complexity index is 284. The number of rotatable bonds is 10. The van der Waals surface area contributed by atoms with Crippen LogP contribution in [-0.2, 0) is 11.3 Å². The van der Waals surface area contributed by atoms with Gasteiger partial charge in [-0.15, -0.1) is 6.58 Å². The van der Waals surface area contributed by atoms with Crippen molar-refractivity contribution in [3.8, 4) is 0 Å². The average molecular weight is 233 g/mol. The molecule has 94 valence electrons. The highest BCUT2D eigenvalue weighted by Gasteiger charge is 1.91. The third kappa shape index (κ3) is 7.72. The van der Waals surface area contributed by atoms with E-state index < -0.39 is 0 Å². The second kappa shape index (κ2) is 10.1. The van der Waals surface area contributed by atoms with Gasteiger partial charge in [0.25, 0.3) is 0 Å². The Hall–Kier alpha value is -1.12. The SMILES string of the molecule is C=CCCCOCCCNCc1ccccc1. The van der Waals surface area contributed by atoms with E-state index in [2.05, 4.69) is 36.2 Å². The highest BCUT2D eigenvalue weighted by molar-refractivity contribution is 5.14. The molecule has 0 bridgehead atoms. The van der Waals surface area contributed by atoms with Crippen molar-refractivity contribution in [1.82, 2.24) is 5.32 Å². The van der Waals surface area contributed by atoms with Crippen LogP contribution in [0.5, 0.6) is 0 Å². The van der Waals surface area contributed by atoms with Gasteiger partial charge in [0.1, 0.15) is 0 Å². The van der Waals surface area contributed by atoms with Crippen molar-refractivity contribution >= 4 is 0 Å². The third-order valence-corrected chi connectivity index (χ3v) is 2.51. The number of unbranched alkanes of at least 4 members (excludes halogenated alkanes) is 1. The second-order valence-corrected chi connectivity index (χ2v) is 4.06. The number of benzene rings is 1. The van der Waals surface area contributed by atoms with Crippen molar-refractivity contribution in [3.63, 3.8) is 0 Å². The van der Waals surface area contributed by atoms with Crippen LogP contribution in [0.2, 0.25) is 0 Å². The Morgan fingerprint density at radius 2 is 1.88 bits per heavy atom. The van der Waals surface area contributed by atoms with Gasteiger partial charge < -0.3 is 10.1 Å². The second-order valence-electron chi connectivity index (χ2n) is 4.06. The van der Waals surface area contributed by atoms with E-state index in [1.807, 2.05) is 12.1 Å². The summed E-state index contributed by atoms with van der Waals surface area (Å²) in [6.07, 6.45) is 5.14. The molecule has 0 radical (unpaired) electrons. The standard InChI is InChI=1S/C15H23NO/c1-2-3-7-12-17-13-8-11-16-14-15-9-5-4-6-10-15/h2,4-6,9-10,16H,1,3,7-8,11-14H2. The molecule has 0 spiro atoms. The third-order valence-electron chi connectivity index (χ3n) is 2.51. The molecule has 0 aliphatic heterocycles. The fourth-order valence-electron chi connectivity index (χ4n) is 1.56. The van der Waals surface area contributed by atoms with Crippen molar-refractivity contribution in [2.24, 2.45) is 0 Å². The molecule has 0 amide bonds. The van der Waals surface area contributed by atoms with E-state index in [-0.39, 0.29) is 0 Å². The molecule has 2 nitrogen and oxygen atoms in total. The van der Waals surface area contributed by atoms with Crippen molar-refractivity contribution in [2.45, 2.75) is 25.8 Å². The maximum absolute atomic E-state index is 5.50. The zero-order valence-corrected chi connectivity index (χ0v) is 10.5. The lowest BCUT2D eigenvalue weighted by Crippen LogP contribution is -2.16. The van der Waals surface area contributed by atoms with Gasteiger partial charge in [-0.05, 0) is 31.4 Å². The minimum atomic E-state index is 0.846. The molecule has 17 heavy (non-hydrogen) atoms. The number of allylic oxidation sites excluding steroid dienone is 1. The van der Waals surface area contributed by atoms with Gasteiger partial charge in [-0.25, -0.2) is 0 Å². The van der Waals surface area contributed by atoms with Crippen LogP contribution in [0.1, 0.15) is 24.8 Å². The first-order valence-corrected chi connectivity index (χ1v) is 6.37. The number of ether oxygens (including phenoxy) is 1. The summed E-state index contributed by atoms with van der Waals surface area (Å²) < 4.78 is 5.50. The smallest absolute Gasteiger partial charge is 0.0478 e. The fraction of sp³-hybridized carbons (Fsp3) is 0.467. The summed E-state index contributed by atoms with van der Waals surface area (Å²) >= 11 is 0. The molecule has 1 N–H and O–H groups in total. The van der Waals surface area contributed by atoms with Crippen molar-refractivity contribution < 1.29 is 4.74 Å². The van der Waals surface area contributed by atoms with Crippen LogP contribution in [0.15, 0.2) is 43.0 Å². The molecule has 0 heterocycles. The van der Waals surface area contributed by atoms with Crippen LogP contribution in [0.4, 0.5) is 0 Å². The van der Waals surface area contributed by atoms with E-state index >= 15 is 0 Å². The predicted molar refractivity (Wildman–Crippen MR) is 73.0 cm³/mol. The summed E-state index contributed by atoms with van der Waals surface area (Å²) in [5.74, 6) is 0. The van der Waals surface area contributed by atoms with Gasteiger partial charge in [-0.1, -0.05) is 36.4 Å². The van der Waals surface area contributed by atoms with Crippen LogP contribution < -0.4 is 5.32 Å². The minimum Gasteiger partial charge on any atom is -0.381 e. The minimum absolute atomic E-state index is 0.846. The van der Waals surface area contributed by atoms with Crippen LogP contribution in [0, 0.1) is 0 Å². The molecule has 0 aliphatic carbocycles. The van der Waals surface area contributed by atoms with E-state index in [4.69, 9.17) is 4.74 Å². The average Bonchev–Trinajstić information content (AvgIpc) is 2.38. The lowest BCUT2D eigenvalue weighted by atomic mass is 10.2. The highest BCUT2D eigenvalue weighted by atomic mass is 16.5. The monoisotopic (exact) mass is 233 g/mol. The Labute approximate surface area is 105 Å². The molecule has 0 aromatic heterocycles. The topological polar surface area (TPSA) is 21.3 Å². The Morgan fingerprint density at radius 3 is 2.65 bits per heavy atom. The van der Waals surface area contributed by atoms with Crippen LogP contribution in [0.25, 0.3) is 0 Å². The molecular formula is C15H23NO. The molecular weight excluding hydrogens is 210 g/mol. The van der Waals surface area contributed by atoms with Gasteiger partial charge in [0, 0.05) is 19.8 Å². The van der Waals surface area contributed by atoms with E-state index in [1.165, 1.54) is 5.56 Å². The first-order chi connectivity index (χ1) is 8.43. The van der Waals surface area contributed by atoms with Crippen molar-refractivity contribution in [2.75, 3.05) is 19.8 Å². The number of hydrogen-bond acceptors (Lipinski definition) is 2. The zero-order chi connectivity index (χ0) is 12.2. The lowest BCUT2D eigenvalue weighted by molar-refractivity contribution is 0.130. The van der Waals surface area contributed by atoms with Gasteiger partial charge in [-0.3, -0.25) is 0 Å². The molecule has 2 heteroatoms. The Morgan fingerprint density at radius 1 is 1.12 bits per heavy atom.